The Morgan fingerprint density at radius 2 is 1.88 bits per heavy atom. The van der Waals surface area contributed by atoms with Crippen molar-refractivity contribution in [3.8, 4) is 0 Å². The van der Waals surface area contributed by atoms with E-state index in [4.69, 9.17) is 11.6 Å². The molecule has 2 aromatic rings. The summed E-state index contributed by atoms with van der Waals surface area (Å²) in [6, 6.07) is 3.79. The van der Waals surface area contributed by atoms with E-state index in [9.17, 15) is 4.79 Å². The Hall–Kier alpha value is -2.18. The number of hydrogen-bond acceptors (Lipinski definition) is 5. The van der Waals surface area contributed by atoms with Crippen molar-refractivity contribution in [2.45, 2.75) is 13.8 Å². The van der Waals surface area contributed by atoms with Gasteiger partial charge in [-0.15, -0.1) is 0 Å². The summed E-state index contributed by atoms with van der Waals surface area (Å²) in [7, 11) is 3.99. The number of hydrogen-bond donors (Lipinski definition) is 2. The smallest absolute Gasteiger partial charge is 0.258 e. The highest BCUT2D eigenvalue weighted by Crippen LogP contribution is 2.27. The zero-order valence-corrected chi connectivity index (χ0v) is 15.1. The Bertz CT molecular complexity index is 692. The molecule has 6 nitrogen and oxygen atoms in total. The van der Waals surface area contributed by atoms with Crippen LogP contribution in [-0.2, 0) is 0 Å². The summed E-state index contributed by atoms with van der Waals surface area (Å²) < 4.78 is 0. The van der Waals surface area contributed by atoms with Gasteiger partial charge in [0.2, 0.25) is 5.95 Å². The van der Waals surface area contributed by atoms with E-state index in [1.165, 1.54) is 12.4 Å². The van der Waals surface area contributed by atoms with Crippen molar-refractivity contribution in [1.29, 1.82) is 0 Å². The summed E-state index contributed by atoms with van der Waals surface area (Å²) in [5, 5.41) is 6.44. The van der Waals surface area contributed by atoms with Crippen LogP contribution in [-0.4, -0.2) is 48.0 Å². The number of nitrogens with zero attached hydrogens (tertiary/aromatic N) is 3. The van der Waals surface area contributed by atoms with E-state index in [1.54, 1.807) is 0 Å². The fourth-order valence-corrected chi connectivity index (χ4v) is 2.56. The molecule has 2 rings (SSSR count). The van der Waals surface area contributed by atoms with Crippen LogP contribution >= 0.6 is 11.6 Å². The molecule has 0 radical (unpaired) electrons. The molecule has 0 fully saturated rings. The van der Waals surface area contributed by atoms with Crippen molar-refractivity contribution in [3.63, 3.8) is 0 Å². The van der Waals surface area contributed by atoms with Crippen molar-refractivity contribution < 1.29 is 4.79 Å². The zero-order chi connectivity index (χ0) is 17.7. The minimum Gasteiger partial charge on any atom is -0.353 e. The van der Waals surface area contributed by atoms with Crippen LogP contribution in [0.4, 0.5) is 11.6 Å². The van der Waals surface area contributed by atoms with E-state index in [1.807, 2.05) is 40.1 Å². The number of aryl methyl sites for hydroxylation is 2. The van der Waals surface area contributed by atoms with E-state index >= 15 is 0 Å². The fourth-order valence-electron chi connectivity index (χ4n) is 2.19. The normalized spacial score (nSPS) is 10.8. The second kappa shape index (κ2) is 8.08. The minimum absolute atomic E-state index is 0.288. The summed E-state index contributed by atoms with van der Waals surface area (Å²) in [5.41, 5.74) is 2.95. The van der Waals surface area contributed by atoms with Crippen LogP contribution in [0.3, 0.4) is 0 Å². The second-order valence-corrected chi connectivity index (χ2v) is 6.33. The van der Waals surface area contributed by atoms with Gasteiger partial charge in [-0.25, -0.2) is 9.97 Å². The van der Waals surface area contributed by atoms with Crippen LogP contribution in [0.25, 0.3) is 0 Å². The van der Waals surface area contributed by atoms with Crippen molar-refractivity contribution in [3.05, 3.63) is 46.2 Å². The maximum atomic E-state index is 12.3. The number of amides is 1. The lowest BCUT2D eigenvalue weighted by molar-refractivity contribution is 0.102. The molecule has 2 N–H and O–H groups in total. The van der Waals surface area contributed by atoms with Crippen LogP contribution in [0.15, 0.2) is 24.5 Å². The Balaban J connectivity index is 2.03. The van der Waals surface area contributed by atoms with E-state index < -0.39 is 0 Å². The predicted molar refractivity (Wildman–Crippen MR) is 98.0 cm³/mol. The number of carbonyl (C=O) groups excluding carboxylic acids is 1. The molecule has 1 aromatic heterocycles. The number of rotatable bonds is 6. The van der Waals surface area contributed by atoms with Gasteiger partial charge in [-0.1, -0.05) is 17.7 Å². The largest absolute Gasteiger partial charge is 0.353 e. The molecule has 0 spiro atoms. The van der Waals surface area contributed by atoms with Gasteiger partial charge in [0.1, 0.15) is 0 Å². The molecule has 0 saturated heterocycles. The number of aromatic nitrogens is 2. The first-order chi connectivity index (χ1) is 11.4. The van der Waals surface area contributed by atoms with Gasteiger partial charge < -0.3 is 15.5 Å². The van der Waals surface area contributed by atoms with E-state index in [0.717, 1.165) is 24.2 Å². The zero-order valence-electron chi connectivity index (χ0n) is 14.4. The van der Waals surface area contributed by atoms with Crippen molar-refractivity contribution in [1.82, 2.24) is 14.9 Å². The van der Waals surface area contributed by atoms with Crippen molar-refractivity contribution >= 4 is 29.1 Å². The maximum Gasteiger partial charge on any atom is 0.258 e. The lowest BCUT2D eigenvalue weighted by atomic mass is 10.1. The summed E-state index contributed by atoms with van der Waals surface area (Å²) >= 11 is 6.21. The molecule has 24 heavy (non-hydrogen) atoms. The average Bonchev–Trinajstić information content (AvgIpc) is 2.51. The Morgan fingerprint density at radius 3 is 2.46 bits per heavy atom. The van der Waals surface area contributed by atoms with Gasteiger partial charge in [0.25, 0.3) is 5.91 Å². The number of anilines is 2. The van der Waals surface area contributed by atoms with Gasteiger partial charge in [-0.05, 0) is 45.1 Å². The quantitative estimate of drug-likeness (QED) is 0.840. The van der Waals surface area contributed by atoms with Crippen molar-refractivity contribution in [2.75, 3.05) is 37.8 Å². The topological polar surface area (TPSA) is 70.2 Å². The Labute approximate surface area is 147 Å². The van der Waals surface area contributed by atoms with Crippen LogP contribution in [0.5, 0.6) is 0 Å². The molecule has 0 saturated carbocycles. The molecule has 0 bridgehead atoms. The van der Waals surface area contributed by atoms with Crippen LogP contribution in [0, 0.1) is 13.8 Å². The molecule has 0 aliphatic rings. The molecule has 0 aliphatic heterocycles. The van der Waals surface area contributed by atoms with Gasteiger partial charge in [-0.3, -0.25) is 4.79 Å². The molecule has 0 atom stereocenters. The lowest BCUT2D eigenvalue weighted by Crippen LogP contribution is -2.21. The lowest BCUT2D eigenvalue weighted by Gasteiger charge is -2.12. The monoisotopic (exact) mass is 347 g/mol. The molecule has 7 heteroatoms. The molecular formula is C17H22ClN5O. The highest BCUT2D eigenvalue weighted by Gasteiger charge is 2.12. The first kappa shape index (κ1) is 18.2. The van der Waals surface area contributed by atoms with Gasteiger partial charge in [-0.2, -0.15) is 0 Å². The van der Waals surface area contributed by atoms with E-state index in [2.05, 4.69) is 25.5 Å². The van der Waals surface area contributed by atoms with Gasteiger partial charge in [0.05, 0.1) is 16.3 Å². The van der Waals surface area contributed by atoms with Gasteiger partial charge in [0.15, 0.2) is 0 Å². The fraction of sp³-hybridized carbons (Fsp3) is 0.353. The van der Waals surface area contributed by atoms with Gasteiger partial charge in [0, 0.05) is 25.5 Å². The van der Waals surface area contributed by atoms with E-state index in [0.29, 0.717) is 22.2 Å². The standard InChI is InChI=1S/C17H22ClN5O/c1-11-7-12(2)15(14(18)8-11)22-16(24)13-9-20-17(21-10-13)19-5-6-23(3)4/h7-10H,5-6H2,1-4H3,(H,22,24)(H,19,20,21). The van der Waals surface area contributed by atoms with Crippen LogP contribution < -0.4 is 10.6 Å². The minimum atomic E-state index is -0.288. The summed E-state index contributed by atoms with van der Waals surface area (Å²) in [6.07, 6.45) is 3.00. The predicted octanol–water partition coefficient (Wildman–Crippen LogP) is 2.97. The van der Waals surface area contributed by atoms with E-state index in [-0.39, 0.29) is 5.91 Å². The number of halogens is 1. The maximum absolute atomic E-state index is 12.3. The first-order valence-electron chi connectivity index (χ1n) is 7.65. The molecule has 0 aliphatic carbocycles. The molecule has 128 valence electrons. The van der Waals surface area contributed by atoms with Crippen LogP contribution in [0.1, 0.15) is 21.5 Å². The molecule has 0 unspecified atom stereocenters. The Morgan fingerprint density at radius 1 is 1.21 bits per heavy atom. The SMILES string of the molecule is Cc1cc(C)c(NC(=O)c2cnc(NCCN(C)C)nc2)c(Cl)c1. The van der Waals surface area contributed by atoms with Crippen LogP contribution in [0.2, 0.25) is 5.02 Å². The summed E-state index contributed by atoms with van der Waals surface area (Å²) in [5.74, 6) is 0.210. The average molecular weight is 348 g/mol. The summed E-state index contributed by atoms with van der Waals surface area (Å²) in [4.78, 5) is 22.7. The molecular weight excluding hydrogens is 326 g/mol. The third-order valence-electron chi connectivity index (χ3n) is 3.43. The summed E-state index contributed by atoms with van der Waals surface area (Å²) in [6.45, 7) is 5.47. The molecule has 1 aromatic carbocycles. The number of likely N-dealkylation sites (N-methyl/N-ethyl adjacent to an activating group) is 1. The molecule has 1 heterocycles. The van der Waals surface area contributed by atoms with Gasteiger partial charge >= 0.3 is 0 Å². The number of benzene rings is 1. The molecule has 1 amide bonds. The highest BCUT2D eigenvalue weighted by molar-refractivity contribution is 6.34. The van der Waals surface area contributed by atoms with Crippen molar-refractivity contribution in [2.24, 2.45) is 0 Å². The third-order valence-corrected chi connectivity index (χ3v) is 3.72. The Kier molecular flexibility index (Phi) is 6.11. The number of nitrogens with one attached hydrogen (secondary N) is 2. The highest BCUT2D eigenvalue weighted by atomic mass is 35.5. The second-order valence-electron chi connectivity index (χ2n) is 5.92. The third kappa shape index (κ3) is 4.91. The number of carbonyl (C=O) groups is 1. The first-order valence-corrected chi connectivity index (χ1v) is 8.03.